The van der Waals surface area contributed by atoms with E-state index in [4.69, 9.17) is 0 Å². The lowest BCUT2D eigenvalue weighted by Crippen LogP contribution is -2.17. The zero-order chi connectivity index (χ0) is 18.6. The molecule has 0 heterocycles. The summed E-state index contributed by atoms with van der Waals surface area (Å²) in [7, 11) is 0. The number of anilines is 2. The van der Waals surface area contributed by atoms with Crippen LogP contribution < -0.4 is 4.90 Å². The first kappa shape index (κ1) is 18.6. The Morgan fingerprint density at radius 3 is 1.72 bits per heavy atom. The maximum Gasteiger partial charge on any atom is 0.0995 e. The molecule has 3 nitrogen and oxygen atoms in total. The van der Waals surface area contributed by atoms with Crippen LogP contribution in [-0.4, -0.2) is 6.54 Å². The first-order valence-electron chi connectivity index (χ1n) is 8.78. The van der Waals surface area contributed by atoms with Crippen molar-refractivity contribution in [3.05, 3.63) is 58.7 Å². The minimum atomic E-state index is 0.138. The molecule has 128 valence electrons. The predicted molar refractivity (Wildman–Crippen MR) is 103 cm³/mol. The number of hydrogen-bond donors (Lipinski definition) is 0. The third kappa shape index (κ3) is 3.83. The van der Waals surface area contributed by atoms with Gasteiger partial charge in [0.15, 0.2) is 0 Å². The molecule has 0 aliphatic rings. The normalized spacial score (nSPS) is 10.6. The molecule has 0 saturated carbocycles. The standard InChI is InChI=1S/C22H25N3/c1-6-25(20-9-7-17(8-10-20)15(2)3)21-11-18(13-23)22(16(4)5)19(12-21)14-24/h7-12,15-16H,6H2,1-5H3. The summed E-state index contributed by atoms with van der Waals surface area (Å²) in [4.78, 5) is 2.13. The first-order chi connectivity index (χ1) is 11.9. The highest BCUT2D eigenvalue weighted by molar-refractivity contribution is 5.69. The Balaban J connectivity index is 2.55. The van der Waals surface area contributed by atoms with Gasteiger partial charge in [-0.05, 0) is 54.2 Å². The maximum absolute atomic E-state index is 9.56. The third-order valence-corrected chi connectivity index (χ3v) is 4.48. The number of hydrogen-bond acceptors (Lipinski definition) is 3. The molecule has 0 atom stereocenters. The van der Waals surface area contributed by atoms with Crippen LogP contribution in [0.2, 0.25) is 0 Å². The van der Waals surface area contributed by atoms with E-state index in [1.54, 1.807) is 0 Å². The summed E-state index contributed by atoms with van der Waals surface area (Å²) in [5, 5.41) is 19.1. The van der Waals surface area contributed by atoms with Gasteiger partial charge >= 0.3 is 0 Å². The van der Waals surface area contributed by atoms with Gasteiger partial charge in [0, 0.05) is 17.9 Å². The van der Waals surface area contributed by atoms with E-state index in [9.17, 15) is 10.5 Å². The predicted octanol–water partition coefficient (Wildman–Crippen LogP) is 5.83. The smallest absolute Gasteiger partial charge is 0.0995 e. The largest absolute Gasteiger partial charge is 0.342 e. The molecule has 0 aliphatic heterocycles. The second-order valence-electron chi connectivity index (χ2n) is 6.82. The van der Waals surface area contributed by atoms with Gasteiger partial charge in [-0.15, -0.1) is 0 Å². The van der Waals surface area contributed by atoms with Gasteiger partial charge in [0.2, 0.25) is 0 Å². The van der Waals surface area contributed by atoms with E-state index in [0.717, 1.165) is 23.5 Å². The van der Waals surface area contributed by atoms with Crippen molar-refractivity contribution in [1.82, 2.24) is 0 Å². The quantitative estimate of drug-likeness (QED) is 0.692. The molecule has 0 amide bonds. The summed E-state index contributed by atoms with van der Waals surface area (Å²) in [6.07, 6.45) is 0. The van der Waals surface area contributed by atoms with Crippen molar-refractivity contribution in [3.8, 4) is 12.1 Å². The van der Waals surface area contributed by atoms with Crippen molar-refractivity contribution in [2.24, 2.45) is 0 Å². The average Bonchev–Trinajstić information content (AvgIpc) is 2.61. The molecule has 0 fully saturated rings. The summed E-state index contributed by atoms with van der Waals surface area (Å²) in [6, 6.07) is 16.8. The maximum atomic E-state index is 9.56. The number of nitrogens with zero attached hydrogens (tertiary/aromatic N) is 3. The molecule has 2 aromatic carbocycles. The number of nitriles is 2. The van der Waals surface area contributed by atoms with E-state index in [1.807, 2.05) is 26.0 Å². The molecular weight excluding hydrogens is 306 g/mol. The van der Waals surface area contributed by atoms with Crippen LogP contribution in [0.1, 0.15) is 68.7 Å². The first-order valence-corrected chi connectivity index (χ1v) is 8.78. The molecule has 0 spiro atoms. The zero-order valence-corrected chi connectivity index (χ0v) is 15.7. The molecule has 0 unspecified atom stereocenters. The van der Waals surface area contributed by atoms with Crippen molar-refractivity contribution in [1.29, 1.82) is 10.5 Å². The van der Waals surface area contributed by atoms with Crippen LogP contribution in [0.5, 0.6) is 0 Å². The second kappa shape index (κ2) is 7.86. The molecule has 25 heavy (non-hydrogen) atoms. The lowest BCUT2D eigenvalue weighted by molar-refractivity contribution is 0.857. The van der Waals surface area contributed by atoms with Crippen LogP contribution in [-0.2, 0) is 0 Å². The highest BCUT2D eigenvalue weighted by Crippen LogP contribution is 2.32. The fourth-order valence-electron chi connectivity index (χ4n) is 3.15. The van der Waals surface area contributed by atoms with Crippen molar-refractivity contribution >= 4 is 11.4 Å². The Morgan fingerprint density at radius 2 is 1.36 bits per heavy atom. The molecule has 0 aromatic heterocycles. The molecule has 0 bridgehead atoms. The minimum absolute atomic E-state index is 0.138. The Hall–Kier alpha value is -2.78. The Kier molecular flexibility index (Phi) is 5.84. The van der Waals surface area contributed by atoms with Crippen molar-refractivity contribution < 1.29 is 0 Å². The lowest BCUT2D eigenvalue weighted by Gasteiger charge is -2.25. The van der Waals surface area contributed by atoms with Gasteiger partial charge in [0.25, 0.3) is 0 Å². The molecule has 0 radical (unpaired) electrons. The van der Waals surface area contributed by atoms with E-state index >= 15 is 0 Å². The summed E-state index contributed by atoms with van der Waals surface area (Å²) < 4.78 is 0. The van der Waals surface area contributed by atoms with Gasteiger partial charge in [-0.2, -0.15) is 10.5 Å². The zero-order valence-electron chi connectivity index (χ0n) is 15.7. The van der Waals surface area contributed by atoms with Crippen LogP contribution in [0.15, 0.2) is 36.4 Å². The number of benzene rings is 2. The Morgan fingerprint density at radius 1 is 0.840 bits per heavy atom. The van der Waals surface area contributed by atoms with Crippen LogP contribution in [0.4, 0.5) is 11.4 Å². The van der Waals surface area contributed by atoms with Gasteiger partial charge in [-0.3, -0.25) is 0 Å². The van der Waals surface area contributed by atoms with Gasteiger partial charge in [-0.1, -0.05) is 39.8 Å². The van der Waals surface area contributed by atoms with Crippen molar-refractivity contribution in [3.63, 3.8) is 0 Å². The molecular formula is C22H25N3. The molecule has 0 aliphatic carbocycles. The van der Waals surface area contributed by atoms with Gasteiger partial charge in [0.1, 0.15) is 0 Å². The fourth-order valence-corrected chi connectivity index (χ4v) is 3.15. The monoisotopic (exact) mass is 331 g/mol. The summed E-state index contributed by atoms with van der Waals surface area (Å²) in [5.41, 5.74) is 5.25. The molecule has 0 N–H and O–H groups in total. The highest BCUT2D eigenvalue weighted by atomic mass is 15.1. The van der Waals surface area contributed by atoms with Crippen molar-refractivity contribution in [2.75, 3.05) is 11.4 Å². The molecule has 3 heteroatoms. The summed E-state index contributed by atoms with van der Waals surface area (Å²) in [6.45, 7) is 11.2. The topological polar surface area (TPSA) is 50.8 Å². The average molecular weight is 331 g/mol. The second-order valence-corrected chi connectivity index (χ2v) is 6.82. The Labute approximate surface area is 151 Å². The minimum Gasteiger partial charge on any atom is -0.342 e. The SMILES string of the molecule is CCN(c1ccc(C(C)C)cc1)c1cc(C#N)c(C(C)C)c(C#N)c1. The van der Waals surface area contributed by atoms with E-state index in [-0.39, 0.29) is 5.92 Å². The van der Waals surface area contributed by atoms with Gasteiger partial charge in [0.05, 0.1) is 23.3 Å². The summed E-state index contributed by atoms with van der Waals surface area (Å²) >= 11 is 0. The van der Waals surface area contributed by atoms with E-state index in [2.05, 4.69) is 62.1 Å². The summed E-state index contributed by atoms with van der Waals surface area (Å²) in [5.74, 6) is 0.628. The van der Waals surface area contributed by atoms with E-state index in [0.29, 0.717) is 17.0 Å². The third-order valence-electron chi connectivity index (χ3n) is 4.48. The van der Waals surface area contributed by atoms with E-state index in [1.165, 1.54) is 5.56 Å². The molecule has 0 saturated heterocycles. The van der Waals surface area contributed by atoms with E-state index < -0.39 is 0 Å². The molecule has 2 rings (SSSR count). The van der Waals surface area contributed by atoms with Crippen LogP contribution in [0.25, 0.3) is 0 Å². The van der Waals surface area contributed by atoms with Crippen molar-refractivity contribution in [2.45, 2.75) is 46.5 Å². The van der Waals surface area contributed by atoms with Gasteiger partial charge in [-0.25, -0.2) is 0 Å². The molecule has 2 aromatic rings. The Bertz CT molecular complexity index is 783. The van der Waals surface area contributed by atoms with Crippen LogP contribution in [0, 0.1) is 22.7 Å². The van der Waals surface area contributed by atoms with Crippen LogP contribution >= 0.6 is 0 Å². The lowest BCUT2D eigenvalue weighted by atomic mass is 9.92. The highest BCUT2D eigenvalue weighted by Gasteiger charge is 2.17. The van der Waals surface area contributed by atoms with Gasteiger partial charge < -0.3 is 4.90 Å². The van der Waals surface area contributed by atoms with Crippen LogP contribution in [0.3, 0.4) is 0 Å². The number of rotatable bonds is 5. The fraction of sp³-hybridized carbons (Fsp3) is 0.364.